The summed E-state index contributed by atoms with van der Waals surface area (Å²) in [5.41, 5.74) is 0.341. The van der Waals surface area contributed by atoms with Crippen LogP contribution >= 0.6 is 11.3 Å². The van der Waals surface area contributed by atoms with E-state index in [1.54, 1.807) is 25.2 Å². The summed E-state index contributed by atoms with van der Waals surface area (Å²) in [6.07, 6.45) is 4.55. The van der Waals surface area contributed by atoms with E-state index in [1.165, 1.54) is 0 Å². The SMILES string of the molecule is CCC[C@]12C[C@@](C)(C(C)=Cc3csc(C)n3)OC(=O)C[C@H](O)C(C)C(=O)[C@H](C)[C@@H](O)[C@@H](C)CCC[C@H]1O2. The highest BCUT2D eigenvalue weighted by atomic mass is 32.1. The molecule has 0 amide bonds. The van der Waals surface area contributed by atoms with Gasteiger partial charge in [0.2, 0.25) is 0 Å². The van der Waals surface area contributed by atoms with E-state index in [-0.39, 0.29) is 29.8 Å². The Morgan fingerprint density at radius 2 is 1.92 bits per heavy atom. The number of nitrogens with zero attached hydrogens (tertiary/aromatic N) is 1. The predicted molar refractivity (Wildman–Crippen MR) is 145 cm³/mol. The van der Waals surface area contributed by atoms with Crippen molar-refractivity contribution in [2.75, 3.05) is 0 Å². The van der Waals surface area contributed by atoms with Gasteiger partial charge in [0.05, 0.1) is 41.0 Å². The topological polar surface area (TPSA) is 109 Å². The van der Waals surface area contributed by atoms with Crippen LogP contribution in [-0.4, -0.2) is 56.5 Å². The summed E-state index contributed by atoms with van der Waals surface area (Å²) in [6, 6.07) is 0. The van der Waals surface area contributed by atoms with Gasteiger partial charge in [-0.2, -0.15) is 0 Å². The molecule has 0 aliphatic carbocycles. The summed E-state index contributed by atoms with van der Waals surface area (Å²) < 4.78 is 12.5. The number of rotatable bonds is 4. The van der Waals surface area contributed by atoms with Crippen LogP contribution in [0.5, 0.6) is 0 Å². The molecule has 2 N–H and O–H groups in total. The van der Waals surface area contributed by atoms with Crippen LogP contribution in [0.25, 0.3) is 6.08 Å². The van der Waals surface area contributed by atoms with Gasteiger partial charge < -0.3 is 19.7 Å². The number of aryl methyl sites for hydroxylation is 1. The average molecular weight is 536 g/mol. The van der Waals surface area contributed by atoms with Gasteiger partial charge in [-0.05, 0) is 57.6 Å². The van der Waals surface area contributed by atoms with Gasteiger partial charge in [0.25, 0.3) is 0 Å². The van der Waals surface area contributed by atoms with Crippen molar-refractivity contribution in [3.05, 3.63) is 21.7 Å². The number of Topliss-reactive ketones (excluding diaryl/α,β-unsaturated/α-hetero) is 1. The first-order valence-electron chi connectivity index (χ1n) is 13.7. The van der Waals surface area contributed by atoms with E-state index in [0.29, 0.717) is 6.42 Å². The molecule has 8 atom stereocenters. The molecular formula is C29H45NO6S. The average Bonchev–Trinajstić information content (AvgIpc) is 3.31. The zero-order valence-electron chi connectivity index (χ0n) is 23.5. The number of carbonyl (C=O) groups excluding carboxylic acids is 2. The van der Waals surface area contributed by atoms with Crippen molar-refractivity contribution >= 4 is 29.2 Å². The molecule has 0 aromatic carbocycles. The molecule has 37 heavy (non-hydrogen) atoms. The minimum atomic E-state index is -1.19. The number of aliphatic hydroxyl groups excluding tert-OH is 2. The summed E-state index contributed by atoms with van der Waals surface area (Å²) in [7, 11) is 0. The molecule has 2 saturated heterocycles. The number of carbonyl (C=O) groups is 2. The summed E-state index contributed by atoms with van der Waals surface area (Å²) in [4.78, 5) is 30.7. The molecule has 1 aromatic rings. The van der Waals surface area contributed by atoms with Crippen molar-refractivity contribution in [1.82, 2.24) is 4.98 Å². The highest BCUT2D eigenvalue weighted by molar-refractivity contribution is 7.09. The van der Waals surface area contributed by atoms with Crippen LogP contribution in [0.3, 0.4) is 0 Å². The monoisotopic (exact) mass is 535 g/mol. The Balaban J connectivity index is 1.94. The second-order valence-corrected chi connectivity index (χ2v) is 12.6. The Morgan fingerprint density at radius 3 is 2.54 bits per heavy atom. The zero-order chi connectivity index (χ0) is 27.5. The van der Waals surface area contributed by atoms with Crippen LogP contribution in [0.1, 0.15) is 97.2 Å². The molecule has 208 valence electrons. The maximum absolute atomic E-state index is 13.2. The van der Waals surface area contributed by atoms with Gasteiger partial charge in [0.1, 0.15) is 11.4 Å². The van der Waals surface area contributed by atoms with Crippen molar-refractivity contribution in [2.24, 2.45) is 17.8 Å². The third kappa shape index (κ3) is 7.08. The number of ether oxygens (including phenoxy) is 2. The minimum absolute atomic E-state index is 0.0571. The van der Waals surface area contributed by atoms with Crippen molar-refractivity contribution < 1.29 is 29.3 Å². The van der Waals surface area contributed by atoms with Gasteiger partial charge in [-0.25, -0.2) is 4.98 Å². The molecule has 2 aliphatic heterocycles. The van der Waals surface area contributed by atoms with E-state index in [0.717, 1.165) is 48.4 Å². The van der Waals surface area contributed by atoms with Crippen LogP contribution in [0.2, 0.25) is 0 Å². The lowest BCUT2D eigenvalue weighted by molar-refractivity contribution is -0.159. The number of aliphatic hydroxyl groups is 2. The molecule has 1 unspecified atom stereocenters. The van der Waals surface area contributed by atoms with Crippen LogP contribution in [0, 0.1) is 24.7 Å². The molecule has 8 heteroatoms. The molecule has 0 bridgehead atoms. The normalized spacial score (nSPS) is 38.7. The number of hydrogen-bond acceptors (Lipinski definition) is 8. The van der Waals surface area contributed by atoms with E-state index in [9.17, 15) is 19.8 Å². The van der Waals surface area contributed by atoms with E-state index in [1.807, 2.05) is 39.2 Å². The number of ketones is 1. The number of epoxide rings is 1. The van der Waals surface area contributed by atoms with Gasteiger partial charge >= 0.3 is 5.97 Å². The Labute approximate surface area is 225 Å². The summed E-state index contributed by atoms with van der Waals surface area (Å²) in [5, 5.41) is 24.5. The smallest absolute Gasteiger partial charge is 0.309 e. The van der Waals surface area contributed by atoms with Gasteiger partial charge in [0, 0.05) is 23.6 Å². The third-order valence-electron chi connectivity index (χ3n) is 8.46. The number of thiazole rings is 1. The standard InChI is InChI=1S/C29H45NO6S/c1-8-12-29-16-28(7,18(3)13-22-15-37-21(6)30-22)36-25(32)14-23(31)19(4)27(34)20(5)26(33)17(2)10-9-11-24(29)35-29/h13,15,17,19-20,23-24,26,31,33H,8-12,14,16H2,1-7H3/t17-,19?,20+,23-,24+,26-,28-,29-/m0/s1. The van der Waals surface area contributed by atoms with E-state index >= 15 is 0 Å². The van der Waals surface area contributed by atoms with E-state index in [2.05, 4.69) is 11.9 Å². The first-order chi connectivity index (χ1) is 17.3. The second kappa shape index (κ2) is 12.1. The number of hydrogen-bond donors (Lipinski definition) is 2. The molecule has 0 spiro atoms. The molecule has 1 aromatic heterocycles. The molecule has 3 heterocycles. The molecule has 7 nitrogen and oxygen atoms in total. The number of esters is 1. The maximum atomic E-state index is 13.2. The summed E-state index contributed by atoms with van der Waals surface area (Å²) >= 11 is 1.57. The lowest BCUT2D eigenvalue weighted by atomic mass is 9.79. The fraction of sp³-hybridized carbons (Fsp3) is 0.759. The summed E-state index contributed by atoms with van der Waals surface area (Å²) in [5.74, 6) is -2.28. The van der Waals surface area contributed by atoms with Crippen LogP contribution in [0.4, 0.5) is 0 Å². The first-order valence-corrected chi connectivity index (χ1v) is 14.6. The quantitative estimate of drug-likeness (QED) is 0.400. The highest BCUT2D eigenvalue weighted by Gasteiger charge is 2.58. The van der Waals surface area contributed by atoms with Crippen molar-refractivity contribution in [1.29, 1.82) is 0 Å². The van der Waals surface area contributed by atoms with Crippen LogP contribution in [-0.2, 0) is 19.1 Å². The molecule has 0 saturated carbocycles. The number of fused-ring (bicyclic) bond motifs is 1. The predicted octanol–water partition coefficient (Wildman–Crippen LogP) is 5.26. The fourth-order valence-electron chi connectivity index (χ4n) is 5.81. The van der Waals surface area contributed by atoms with E-state index in [4.69, 9.17) is 9.47 Å². The molecule has 3 rings (SSSR count). The first kappa shape index (κ1) is 29.9. The Bertz CT molecular complexity index is 991. The highest BCUT2D eigenvalue weighted by Crippen LogP contribution is 2.51. The van der Waals surface area contributed by atoms with Gasteiger partial charge in [-0.3, -0.25) is 9.59 Å². The number of aromatic nitrogens is 1. The Hall–Kier alpha value is -1.61. The molecular weight excluding hydrogens is 490 g/mol. The van der Waals surface area contributed by atoms with Gasteiger partial charge in [0.15, 0.2) is 0 Å². The maximum Gasteiger partial charge on any atom is 0.309 e. The Kier molecular flexibility index (Phi) is 9.76. The molecule has 2 fully saturated rings. The number of cyclic esters (lactones) is 1. The third-order valence-corrected chi connectivity index (χ3v) is 9.25. The second-order valence-electron chi connectivity index (χ2n) is 11.6. The van der Waals surface area contributed by atoms with Crippen molar-refractivity contribution in [3.63, 3.8) is 0 Å². The molecule has 2 aliphatic rings. The van der Waals surface area contributed by atoms with Gasteiger partial charge in [-0.15, -0.1) is 11.3 Å². The lowest BCUT2D eigenvalue weighted by Crippen LogP contribution is -2.42. The Morgan fingerprint density at radius 1 is 1.22 bits per heavy atom. The fourth-order valence-corrected chi connectivity index (χ4v) is 6.38. The van der Waals surface area contributed by atoms with Crippen molar-refractivity contribution in [2.45, 2.75) is 123 Å². The minimum Gasteiger partial charge on any atom is -0.455 e. The van der Waals surface area contributed by atoms with Crippen LogP contribution < -0.4 is 0 Å². The van der Waals surface area contributed by atoms with Gasteiger partial charge in [-0.1, -0.05) is 40.5 Å². The zero-order valence-corrected chi connectivity index (χ0v) is 24.3. The lowest BCUT2D eigenvalue weighted by Gasteiger charge is -2.34. The largest absolute Gasteiger partial charge is 0.455 e. The van der Waals surface area contributed by atoms with E-state index < -0.39 is 35.6 Å². The molecule has 0 radical (unpaired) electrons. The van der Waals surface area contributed by atoms with Crippen LogP contribution in [0.15, 0.2) is 11.0 Å². The summed E-state index contributed by atoms with van der Waals surface area (Å²) in [6.45, 7) is 13.2. The van der Waals surface area contributed by atoms with Crippen molar-refractivity contribution in [3.8, 4) is 0 Å².